The van der Waals surface area contributed by atoms with E-state index in [1.54, 1.807) is 0 Å². The standard InChI is InChI=1S/C54H32N2O2.C18H13BNO2.C18H8Br2O2.2CH4/c1-3-11-37(12-4-1)55-47-17-9-7-15-39(47)43-29-33(19-25-49(43)55)35-21-27-51-45(31-35)41-23-24-42-46-32-36(22-28-52(46)58-54(42)53(41)57-51)34-20-26-50-44(30-34)40-16-8-10-18-48(40)56(50)38-13-5-2-6-14-38;21-19-22-14-10-11-18-16(12-14)15-8-4-5-9-17(15)20(18)13-6-2-1-3-7-13;19-9-1-5-15-13(7-9)11-3-4-12-14-8-10(20)2-6-16(14)22-18(12)17(11)21-15;;/h1-32H;1-12,21H;1-8H;2*1H4. The molecule has 1 radical (unpaired) electrons. The third-order valence-electron chi connectivity index (χ3n) is 20.0. The average Bonchev–Trinajstić information content (AvgIpc) is 1.80. The Balaban J connectivity index is 0.000000137. The van der Waals surface area contributed by atoms with Gasteiger partial charge in [0.15, 0.2) is 22.3 Å². The van der Waals surface area contributed by atoms with Crippen LogP contribution >= 0.6 is 31.9 Å². The summed E-state index contributed by atoms with van der Waals surface area (Å²) in [5.74, 6) is 0.617. The molecule has 0 atom stereocenters. The summed E-state index contributed by atoms with van der Waals surface area (Å²) in [6.45, 7) is 0. The van der Waals surface area contributed by atoms with E-state index < -0.39 is 0 Å². The van der Waals surface area contributed by atoms with Gasteiger partial charge in [-0.15, -0.1) is 0 Å². The number of aromatic nitrogens is 3. The molecule has 0 bridgehead atoms. The van der Waals surface area contributed by atoms with Gasteiger partial charge in [0.05, 0.1) is 33.1 Å². The first-order chi connectivity index (χ1) is 50.3. The van der Waals surface area contributed by atoms with Crippen molar-refractivity contribution in [2.24, 2.45) is 0 Å². The molecule has 0 spiro atoms. The molecular formula is C92H61BBr2N3O6. The molecule has 22 aromatic rings. The Morgan fingerprint density at radius 1 is 0.250 bits per heavy atom. The SMILES string of the molecule is Brc1ccc2oc3c(ccc4c5cc(Br)ccc5oc43)c2c1.C.C.O[B]Oc1ccc2c(c1)c1ccccc1n2-c1ccccc1.c1ccc(-n2c3ccccc3c3cc(-c4ccc5oc6c(ccc7c8cc(-c9ccc%10c(c9)c9ccccc9n%10-c9ccccc9)ccc8oc76)c5c4)ccc32)cc1. The van der Waals surface area contributed by atoms with Crippen LogP contribution in [0.25, 0.3) is 192 Å². The predicted molar refractivity (Wildman–Crippen MR) is 440 cm³/mol. The minimum atomic E-state index is 0. The molecule has 0 aliphatic carbocycles. The maximum absolute atomic E-state index is 8.84. The number of para-hydroxylation sites is 6. The Morgan fingerprint density at radius 3 is 0.885 bits per heavy atom. The van der Waals surface area contributed by atoms with Gasteiger partial charge in [0, 0.05) is 101 Å². The largest absolute Gasteiger partial charge is 0.569 e. The lowest BCUT2D eigenvalue weighted by Gasteiger charge is -2.08. The third kappa shape index (κ3) is 10.4. The van der Waals surface area contributed by atoms with Crippen molar-refractivity contribution in [2.45, 2.75) is 14.9 Å². The molecule has 0 aliphatic rings. The van der Waals surface area contributed by atoms with Gasteiger partial charge in [-0.3, -0.25) is 0 Å². The Bertz CT molecular complexity index is 6780. The predicted octanol–water partition coefficient (Wildman–Crippen LogP) is 27.0. The van der Waals surface area contributed by atoms with Gasteiger partial charge >= 0.3 is 7.69 Å². The Labute approximate surface area is 613 Å². The third-order valence-corrected chi connectivity index (χ3v) is 20.9. The quantitative estimate of drug-likeness (QED) is 0.160. The molecule has 0 amide bonds. The van der Waals surface area contributed by atoms with Crippen molar-refractivity contribution in [2.75, 3.05) is 0 Å². The zero-order valence-corrected chi connectivity index (χ0v) is 57.4. The first-order valence-electron chi connectivity index (χ1n) is 33.7. The number of fused-ring (bicyclic) bond motifs is 23. The van der Waals surface area contributed by atoms with Crippen molar-refractivity contribution >= 4 is 193 Å². The fourth-order valence-electron chi connectivity index (χ4n) is 15.4. The van der Waals surface area contributed by atoms with E-state index in [9.17, 15) is 0 Å². The molecule has 15 aromatic carbocycles. The summed E-state index contributed by atoms with van der Waals surface area (Å²) in [5, 5.41) is 24.6. The summed E-state index contributed by atoms with van der Waals surface area (Å²) in [6, 6.07) is 110. The lowest BCUT2D eigenvalue weighted by molar-refractivity contribution is 0.454. The molecule has 0 saturated heterocycles. The van der Waals surface area contributed by atoms with Crippen LogP contribution in [0.5, 0.6) is 5.75 Å². The highest BCUT2D eigenvalue weighted by atomic mass is 79.9. The van der Waals surface area contributed by atoms with Crippen LogP contribution < -0.4 is 4.65 Å². The zero-order chi connectivity index (χ0) is 67.7. The van der Waals surface area contributed by atoms with Gasteiger partial charge in [0.25, 0.3) is 0 Å². The van der Waals surface area contributed by atoms with Crippen molar-refractivity contribution in [3.63, 3.8) is 0 Å². The summed E-state index contributed by atoms with van der Waals surface area (Å²) >= 11 is 7.04. The number of hydrogen-bond donors (Lipinski definition) is 1. The van der Waals surface area contributed by atoms with E-state index in [0.717, 1.165) is 147 Å². The van der Waals surface area contributed by atoms with Crippen LogP contribution in [-0.4, -0.2) is 26.4 Å². The van der Waals surface area contributed by atoms with Gasteiger partial charge < -0.3 is 41.0 Å². The number of benzene rings is 15. The van der Waals surface area contributed by atoms with Gasteiger partial charge in [0.1, 0.15) is 28.1 Å². The second kappa shape index (κ2) is 25.6. The number of rotatable bonds is 7. The van der Waals surface area contributed by atoms with E-state index in [1.165, 1.54) is 54.7 Å². The Kier molecular flexibility index (Phi) is 15.7. The average molecular weight is 1480 g/mol. The molecule has 497 valence electrons. The molecule has 104 heavy (non-hydrogen) atoms. The maximum Gasteiger partial charge on any atom is 0.569 e. The van der Waals surface area contributed by atoms with Crippen molar-refractivity contribution in [3.05, 3.63) is 324 Å². The van der Waals surface area contributed by atoms with Gasteiger partial charge in [-0.1, -0.05) is 180 Å². The van der Waals surface area contributed by atoms with Crippen LogP contribution in [0.2, 0.25) is 0 Å². The van der Waals surface area contributed by atoms with Crippen LogP contribution in [0.4, 0.5) is 0 Å². The monoisotopic (exact) mass is 1470 g/mol. The molecule has 7 aromatic heterocycles. The van der Waals surface area contributed by atoms with Crippen LogP contribution in [0.1, 0.15) is 14.9 Å². The molecule has 22 rings (SSSR count). The van der Waals surface area contributed by atoms with Crippen molar-refractivity contribution < 1.29 is 27.3 Å². The van der Waals surface area contributed by atoms with Gasteiger partial charge in [-0.2, -0.15) is 0 Å². The molecule has 0 unspecified atom stereocenters. The Morgan fingerprint density at radius 2 is 0.529 bits per heavy atom. The number of nitrogens with zero attached hydrogens (tertiary/aromatic N) is 3. The summed E-state index contributed by atoms with van der Waals surface area (Å²) in [5.41, 5.74) is 21.7. The lowest BCUT2D eigenvalue weighted by atomic mass is 9.99. The van der Waals surface area contributed by atoms with E-state index in [-0.39, 0.29) is 14.9 Å². The topological polar surface area (TPSA) is 96.8 Å². The van der Waals surface area contributed by atoms with E-state index in [2.05, 4.69) is 288 Å². The molecule has 1 N–H and O–H groups in total. The minimum Gasteiger partial charge on any atom is -0.537 e. The lowest BCUT2D eigenvalue weighted by Crippen LogP contribution is -1.99. The van der Waals surface area contributed by atoms with E-state index in [4.69, 9.17) is 27.3 Å². The van der Waals surface area contributed by atoms with Crippen molar-refractivity contribution in [1.82, 2.24) is 13.7 Å². The molecule has 0 fully saturated rings. The van der Waals surface area contributed by atoms with Crippen molar-refractivity contribution in [1.29, 1.82) is 0 Å². The highest BCUT2D eigenvalue weighted by molar-refractivity contribution is 9.10. The van der Waals surface area contributed by atoms with Crippen LogP contribution in [-0.2, 0) is 0 Å². The highest BCUT2D eigenvalue weighted by Crippen LogP contribution is 2.45. The summed E-state index contributed by atoms with van der Waals surface area (Å²) in [4.78, 5) is 0. The zero-order valence-electron chi connectivity index (χ0n) is 54.2. The van der Waals surface area contributed by atoms with Crippen LogP contribution in [0, 0.1) is 0 Å². The number of furan rings is 4. The smallest absolute Gasteiger partial charge is 0.537 e. The fraction of sp³-hybridized carbons (Fsp3) is 0.0217. The normalized spacial score (nSPS) is 11.6. The van der Waals surface area contributed by atoms with E-state index in [1.807, 2.05) is 72.8 Å². The summed E-state index contributed by atoms with van der Waals surface area (Å²) in [7, 11) is 0.706. The van der Waals surface area contributed by atoms with Crippen LogP contribution in [0.3, 0.4) is 0 Å². The highest BCUT2D eigenvalue weighted by Gasteiger charge is 2.22. The number of halogens is 2. The Hall–Kier alpha value is -12.3. The van der Waals surface area contributed by atoms with Gasteiger partial charge in [0.2, 0.25) is 0 Å². The summed E-state index contributed by atoms with van der Waals surface area (Å²) in [6.07, 6.45) is 0. The van der Waals surface area contributed by atoms with Gasteiger partial charge in [-0.05, 0) is 204 Å². The summed E-state index contributed by atoms with van der Waals surface area (Å²) < 4.78 is 39.4. The second-order valence-electron chi connectivity index (χ2n) is 25.7. The molecule has 7 heterocycles. The molecule has 0 aliphatic heterocycles. The fourth-order valence-corrected chi connectivity index (χ4v) is 16.1. The number of hydrogen-bond acceptors (Lipinski definition) is 6. The molecule has 0 saturated carbocycles. The first-order valence-corrected chi connectivity index (χ1v) is 35.3. The van der Waals surface area contributed by atoms with Crippen LogP contribution in [0.15, 0.2) is 342 Å². The van der Waals surface area contributed by atoms with Gasteiger partial charge in [-0.25, -0.2) is 0 Å². The van der Waals surface area contributed by atoms with E-state index >= 15 is 0 Å². The second-order valence-corrected chi connectivity index (χ2v) is 27.5. The molecule has 12 heteroatoms. The van der Waals surface area contributed by atoms with E-state index in [0.29, 0.717) is 13.4 Å². The maximum atomic E-state index is 8.84. The molecular weight excluding hydrogens is 1410 g/mol. The molecule has 9 nitrogen and oxygen atoms in total. The minimum absolute atomic E-state index is 0. The van der Waals surface area contributed by atoms with Crippen molar-refractivity contribution in [3.8, 4) is 45.1 Å². The first kappa shape index (κ1) is 63.8.